The Morgan fingerprint density at radius 2 is 1.71 bits per heavy atom. The number of hydrogen-bond acceptors (Lipinski definition) is 3. The van der Waals surface area contributed by atoms with E-state index in [2.05, 4.69) is 56.8 Å². The predicted molar refractivity (Wildman–Crippen MR) is 75.5 cm³/mol. The number of hydrogen-bond donors (Lipinski definition) is 1. The molecule has 102 valence electrons. The number of piperazine rings is 1. The van der Waals surface area contributed by atoms with Gasteiger partial charge in [0.05, 0.1) is 0 Å². The van der Waals surface area contributed by atoms with Crippen molar-refractivity contribution < 1.29 is 0 Å². The van der Waals surface area contributed by atoms with Gasteiger partial charge in [0.1, 0.15) is 0 Å². The fraction of sp³-hybridized carbons (Fsp3) is 1.00. The second kappa shape index (κ2) is 6.72. The summed E-state index contributed by atoms with van der Waals surface area (Å²) in [5.41, 5.74) is 0. The largest absolute Gasteiger partial charge is 0.313 e. The van der Waals surface area contributed by atoms with Crippen LogP contribution in [0.15, 0.2) is 0 Å². The highest BCUT2D eigenvalue weighted by Gasteiger charge is 2.29. The Morgan fingerprint density at radius 3 is 2.12 bits per heavy atom. The molecule has 0 aromatic heterocycles. The Labute approximate surface area is 108 Å². The molecule has 1 N–H and O–H groups in total. The Bertz CT molecular complexity index is 206. The van der Waals surface area contributed by atoms with Crippen LogP contribution in [-0.2, 0) is 0 Å². The minimum atomic E-state index is 0.589. The average molecular weight is 241 g/mol. The molecule has 1 aliphatic heterocycles. The number of likely N-dealkylation sites (N-methyl/N-ethyl adjacent to an activating group) is 1. The van der Waals surface area contributed by atoms with Crippen molar-refractivity contribution in [1.29, 1.82) is 0 Å². The molecule has 0 saturated carbocycles. The Morgan fingerprint density at radius 1 is 1.18 bits per heavy atom. The summed E-state index contributed by atoms with van der Waals surface area (Å²) in [5, 5.41) is 3.58. The van der Waals surface area contributed by atoms with Gasteiger partial charge in [0.25, 0.3) is 0 Å². The third kappa shape index (κ3) is 4.23. The first-order chi connectivity index (χ1) is 7.95. The summed E-state index contributed by atoms with van der Waals surface area (Å²) in [6.45, 7) is 15.0. The lowest BCUT2D eigenvalue weighted by Crippen LogP contribution is -2.59. The van der Waals surface area contributed by atoms with Crippen LogP contribution >= 0.6 is 0 Å². The number of rotatable bonds is 5. The smallest absolute Gasteiger partial charge is 0.0219 e. The fourth-order valence-corrected chi connectivity index (χ4v) is 2.65. The van der Waals surface area contributed by atoms with Crippen molar-refractivity contribution in [2.45, 2.75) is 65.2 Å². The maximum absolute atomic E-state index is 3.58. The first-order valence-electron chi connectivity index (χ1n) is 7.15. The van der Waals surface area contributed by atoms with Crippen molar-refractivity contribution in [3.05, 3.63) is 0 Å². The molecule has 1 aliphatic rings. The van der Waals surface area contributed by atoms with E-state index in [1.165, 1.54) is 19.5 Å². The average Bonchev–Trinajstić information content (AvgIpc) is 2.26. The molecule has 0 aromatic carbocycles. The van der Waals surface area contributed by atoms with Crippen molar-refractivity contribution >= 4 is 0 Å². The van der Waals surface area contributed by atoms with E-state index in [4.69, 9.17) is 0 Å². The number of nitrogens with zero attached hydrogens (tertiary/aromatic N) is 2. The molecular formula is C14H31N3. The van der Waals surface area contributed by atoms with E-state index in [0.29, 0.717) is 24.2 Å². The summed E-state index contributed by atoms with van der Waals surface area (Å²) in [7, 11) is 2.25. The highest BCUT2D eigenvalue weighted by atomic mass is 15.3. The van der Waals surface area contributed by atoms with Crippen molar-refractivity contribution in [3.63, 3.8) is 0 Å². The Hall–Kier alpha value is -0.120. The van der Waals surface area contributed by atoms with Gasteiger partial charge in [0, 0.05) is 43.8 Å². The summed E-state index contributed by atoms with van der Waals surface area (Å²) < 4.78 is 0. The van der Waals surface area contributed by atoms with Gasteiger partial charge in [-0.15, -0.1) is 0 Å². The standard InChI is InChI=1S/C14H31N3/c1-7-14(8-15-11(2)3)17-9-12(4)16(6)13(5)10-17/h11-15H,7-10H2,1-6H3. The van der Waals surface area contributed by atoms with Gasteiger partial charge >= 0.3 is 0 Å². The van der Waals surface area contributed by atoms with E-state index in [0.717, 1.165) is 6.54 Å². The van der Waals surface area contributed by atoms with E-state index < -0.39 is 0 Å². The molecule has 0 spiro atoms. The van der Waals surface area contributed by atoms with Gasteiger partial charge in [-0.1, -0.05) is 20.8 Å². The van der Waals surface area contributed by atoms with Crippen molar-refractivity contribution in [3.8, 4) is 0 Å². The summed E-state index contributed by atoms with van der Waals surface area (Å²) in [5.74, 6) is 0. The van der Waals surface area contributed by atoms with Gasteiger partial charge < -0.3 is 5.32 Å². The maximum atomic E-state index is 3.58. The zero-order valence-corrected chi connectivity index (χ0v) is 12.5. The fourth-order valence-electron chi connectivity index (χ4n) is 2.65. The zero-order valence-electron chi connectivity index (χ0n) is 12.5. The second-order valence-corrected chi connectivity index (χ2v) is 5.94. The minimum Gasteiger partial charge on any atom is -0.313 e. The summed E-state index contributed by atoms with van der Waals surface area (Å²) in [6, 6.07) is 2.63. The highest BCUT2D eigenvalue weighted by molar-refractivity contribution is 4.87. The van der Waals surface area contributed by atoms with E-state index >= 15 is 0 Å². The molecule has 0 bridgehead atoms. The van der Waals surface area contributed by atoms with Crippen LogP contribution in [0.25, 0.3) is 0 Å². The van der Waals surface area contributed by atoms with Gasteiger partial charge in [-0.05, 0) is 27.3 Å². The Balaban J connectivity index is 2.51. The van der Waals surface area contributed by atoms with Crippen LogP contribution in [0.2, 0.25) is 0 Å². The molecule has 3 atom stereocenters. The third-order valence-electron chi connectivity index (χ3n) is 4.14. The van der Waals surface area contributed by atoms with Gasteiger partial charge in [-0.2, -0.15) is 0 Å². The molecule has 0 aromatic rings. The molecule has 17 heavy (non-hydrogen) atoms. The summed E-state index contributed by atoms with van der Waals surface area (Å²) in [6.07, 6.45) is 1.24. The molecular weight excluding hydrogens is 210 g/mol. The molecule has 3 heteroatoms. The minimum absolute atomic E-state index is 0.589. The van der Waals surface area contributed by atoms with Crippen LogP contribution in [0.1, 0.15) is 41.0 Å². The SMILES string of the molecule is CCC(CNC(C)C)N1CC(C)N(C)C(C)C1. The van der Waals surface area contributed by atoms with Crippen LogP contribution < -0.4 is 5.32 Å². The molecule has 3 nitrogen and oxygen atoms in total. The van der Waals surface area contributed by atoms with Crippen molar-refractivity contribution in [2.24, 2.45) is 0 Å². The molecule has 1 rings (SSSR count). The zero-order chi connectivity index (χ0) is 13.0. The molecule has 3 unspecified atom stereocenters. The van der Waals surface area contributed by atoms with Crippen LogP contribution in [0, 0.1) is 0 Å². The van der Waals surface area contributed by atoms with E-state index in [1.807, 2.05) is 0 Å². The summed E-state index contributed by atoms with van der Waals surface area (Å²) >= 11 is 0. The topological polar surface area (TPSA) is 18.5 Å². The van der Waals surface area contributed by atoms with E-state index in [9.17, 15) is 0 Å². The van der Waals surface area contributed by atoms with Crippen LogP contribution in [-0.4, -0.2) is 60.6 Å². The maximum Gasteiger partial charge on any atom is 0.0219 e. The third-order valence-corrected chi connectivity index (χ3v) is 4.14. The first kappa shape index (κ1) is 14.9. The normalized spacial score (nSPS) is 29.8. The Kier molecular flexibility index (Phi) is 5.90. The predicted octanol–water partition coefficient (Wildman–Crippen LogP) is 1.79. The van der Waals surface area contributed by atoms with Crippen LogP contribution in [0.5, 0.6) is 0 Å². The van der Waals surface area contributed by atoms with Crippen molar-refractivity contribution in [2.75, 3.05) is 26.7 Å². The molecule has 1 fully saturated rings. The van der Waals surface area contributed by atoms with Crippen molar-refractivity contribution in [1.82, 2.24) is 15.1 Å². The quantitative estimate of drug-likeness (QED) is 0.792. The van der Waals surface area contributed by atoms with Gasteiger partial charge in [0.15, 0.2) is 0 Å². The first-order valence-corrected chi connectivity index (χ1v) is 7.15. The van der Waals surface area contributed by atoms with Gasteiger partial charge in [0.2, 0.25) is 0 Å². The molecule has 0 amide bonds. The lowest BCUT2D eigenvalue weighted by molar-refractivity contribution is 0.0320. The van der Waals surface area contributed by atoms with Gasteiger partial charge in [-0.25, -0.2) is 0 Å². The summed E-state index contributed by atoms with van der Waals surface area (Å²) in [4.78, 5) is 5.17. The second-order valence-electron chi connectivity index (χ2n) is 5.94. The van der Waals surface area contributed by atoms with E-state index in [-0.39, 0.29) is 0 Å². The monoisotopic (exact) mass is 241 g/mol. The molecule has 0 aliphatic carbocycles. The molecule has 1 heterocycles. The highest BCUT2D eigenvalue weighted by Crippen LogP contribution is 2.17. The van der Waals surface area contributed by atoms with E-state index in [1.54, 1.807) is 0 Å². The van der Waals surface area contributed by atoms with Crippen LogP contribution in [0.4, 0.5) is 0 Å². The van der Waals surface area contributed by atoms with Gasteiger partial charge in [-0.3, -0.25) is 9.80 Å². The number of nitrogens with one attached hydrogen (secondary N) is 1. The molecule has 0 radical (unpaired) electrons. The molecule has 1 saturated heterocycles. The lowest BCUT2D eigenvalue weighted by Gasteiger charge is -2.45. The lowest BCUT2D eigenvalue weighted by atomic mass is 10.0. The van der Waals surface area contributed by atoms with Crippen LogP contribution in [0.3, 0.4) is 0 Å².